The van der Waals surface area contributed by atoms with Gasteiger partial charge >= 0.3 is 0 Å². The number of likely N-dealkylation sites (tertiary alicyclic amines) is 1. The Bertz CT molecular complexity index is 854. The lowest BCUT2D eigenvalue weighted by atomic mass is 9.88. The molecular weight excluding hydrogens is 336 g/mol. The molecule has 0 unspecified atom stereocenters. The van der Waals surface area contributed by atoms with Gasteiger partial charge in [0.05, 0.1) is 20.3 Å². The summed E-state index contributed by atoms with van der Waals surface area (Å²) in [6.45, 7) is 0.649. The zero-order valence-electron chi connectivity index (χ0n) is 14.6. The molecule has 2 aromatic carbocycles. The fraction of sp³-hybridized carbons (Fsp3) is 0.316. The highest BCUT2D eigenvalue weighted by molar-refractivity contribution is 5.89. The summed E-state index contributed by atoms with van der Waals surface area (Å²) in [5.41, 5.74) is 7.95. The molecule has 136 valence electrons. The number of hydrogen-bond donors (Lipinski definition) is 1. The zero-order valence-corrected chi connectivity index (χ0v) is 14.6. The van der Waals surface area contributed by atoms with Crippen LogP contribution in [0.5, 0.6) is 23.0 Å². The Kier molecular flexibility index (Phi) is 4.08. The van der Waals surface area contributed by atoms with Gasteiger partial charge < -0.3 is 29.6 Å². The summed E-state index contributed by atoms with van der Waals surface area (Å²) in [7, 11) is 3.17. The second-order valence-electron chi connectivity index (χ2n) is 6.24. The first-order valence-electron chi connectivity index (χ1n) is 8.29. The second-order valence-corrected chi connectivity index (χ2v) is 6.24. The normalized spacial score (nSPS) is 20.7. The third kappa shape index (κ3) is 2.61. The van der Waals surface area contributed by atoms with Crippen molar-refractivity contribution >= 4 is 5.91 Å². The quantitative estimate of drug-likeness (QED) is 0.823. The third-order valence-electron chi connectivity index (χ3n) is 4.78. The van der Waals surface area contributed by atoms with Crippen molar-refractivity contribution in [2.45, 2.75) is 18.6 Å². The molecule has 1 saturated heterocycles. The number of hydrogen-bond acceptors (Lipinski definition) is 6. The van der Waals surface area contributed by atoms with Crippen molar-refractivity contribution in [2.75, 3.05) is 21.0 Å². The molecule has 0 spiro atoms. The summed E-state index contributed by atoms with van der Waals surface area (Å²) in [5.74, 6) is 2.58. The van der Waals surface area contributed by atoms with E-state index in [0.29, 0.717) is 29.5 Å². The third-order valence-corrected chi connectivity index (χ3v) is 4.78. The Morgan fingerprint density at radius 1 is 1.08 bits per heavy atom. The molecule has 0 bridgehead atoms. The molecule has 0 aromatic heterocycles. The molecule has 2 N–H and O–H groups in total. The molecular formula is C19H20N2O5. The number of methoxy groups -OCH3 is 2. The summed E-state index contributed by atoms with van der Waals surface area (Å²) in [4.78, 5) is 14.1. The maximum absolute atomic E-state index is 12.4. The van der Waals surface area contributed by atoms with Crippen molar-refractivity contribution in [1.82, 2.24) is 4.90 Å². The van der Waals surface area contributed by atoms with E-state index in [4.69, 9.17) is 24.7 Å². The minimum absolute atomic E-state index is 0.0811. The average molecular weight is 356 g/mol. The van der Waals surface area contributed by atoms with Gasteiger partial charge in [-0.3, -0.25) is 4.79 Å². The average Bonchev–Trinajstić information content (AvgIpc) is 3.14. The summed E-state index contributed by atoms with van der Waals surface area (Å²) in [5, 5.41) is 0. The molecule has 0 radical (unpaired) electrons. The van der Waals surface area contributed by atoms with E-state index < -0.39 is 6.04 Å². The largest absolute Gasteiger partial charge is 0.493 e. The van der Waals surface area contributed by atoms with E-state index in [1.165, 1.54) is 0 Å². The molecule has 4 rings (SSSR count). The summed E-state index contributed by atoms with van der Waals surface area (Å²) >= 11 is 0. The van der Waals surface area contributed by atoms with Crippen LogP contribution in [0.4, 0.5) is 0 Å². The highest BCUT2D eigenvalue weighted by Crippen LogP contribution is 2.41. The summed E-state index contributed by atoms with van der Waals surface area (Å²) in [6.07, 6.45) is 0. The Balaban J connectivity index is 1.58. The number of β-lactam (4-membered cyclic amide) rings is 1. The number of benzene rings is 2. The van der Waals surface area contributed by atoms with Gasteiger partial charge in [-0.1, -0.05) is 12.1 Å². The number of amides is 1. The van der Waals surface area contributed by atoms with Gasteiger partial charge in [-0.25, -0.2) is 0 Å². The topological polar surface area (TPSA) is 83.3 Å². The number of nitrogens with two attached hydrogens (primary N) is 1. The fourth-order valence-corrected chi connectivity index (χ4v) is 3.41. The molecule has 7 heteroatoms. The lowest BCUT2D eigenvalue weighted by Gasteiger charge is -2.45. The molecule has 2 aromatic rings. The number of fused-ring (bicyclic) bond motifs is 1. The van der Waals surface area contributed by atoms with E-state index >= 15 is 0 Å². The number of ether oxygens (including phenoxy) is 4. The van der Waals surface area contributed by atoms with Crippen molar-refractivity contribution in [2.24, 2.45) is 5.73 Å². The van der Waals surface area contributed by atoms with E-state index in [2.05, 4.69) is 0 Å². The van der Waals surface area contributed by atoms with E-state index in [9.17, 15) is 4.79 Å². The van der Waals surface area contributed by atoms with Crippen LogP contribution in [0.25, 0.3) is 0 Å². The van der Waals surface area contributed by atoms with Crippen LogP contribution >= 0.6 is 0 Å². The lowest BCUT2D eigenvalue weighted by Crippen LogP contribution is -2.62. The Morgan fingerprint density at radius 2 is 1.85 bits per heavy atom. The van der Waals surface area contributed by atoms with E-state index in [1.807, 2.05) is 36.4 Å². The van der Waals surface area contributed by atoms with Crippen LogP contribution in [0.15, 0.2) is 36.4 Å². The molecule has 26 heavy (non-hydrogen) atoms. The molecule has 1 amide bonds. The lowest BCUT2D eigenvalue weighted by molar-refractivity contribution is -0.150. The number of carbonyl (C=O) groups excluding carboxylic acids is 1. The highest BCUT2D eigenvalue weighted by atomic mass is 16.7. The highest BCUT2D eigenvalue weighted by Gasteiger charge is 2.46. The molecule has 0 aliphatic carbocycles. The van der Waals surface area contributed by atoms with Gasteiger partial charge in [0.2, 0.25) is 12.7 Å². The van der Waals surface area contributed by atoms with Crippen molar-refractivity contribution < 1.29 is 23.7 Å². The monoisotopic (exact) mass is 356 g/mol. The number of rotatable bonds is 5. The summed E-state index contributed by atoms with van der Waals surface area (Å²) < 4.78 is 21.4. The molecule has 2 heterocycles. The van der Waals surface area contributed by atoms with Crippen LogP contribution in [-0.2, 0) is 11.3 Å². The van der Waals surface area contributed by atoms with Crippen molar-refractivity contribution in [3.63, 3.8) is 0 Å². The molecule has 1 fully saturated rings. The number of nitrogens with zero attached hydrogens (tertiary/aromatic N) is 1. The maximum Gasteiger partial charge on any atom is 0.242 e. The second kappa shape index (κ2) is 6.42. The van der Waals surface area contributed by atoms with Gasteiger partial charge in [-0.2, -0.15) is 0 Å². The van der Waals surface area contributed by atoms with Gasteiger partial charge in [0.15, 0.2) is 23.0 Å². The van der Waals surface area contributed by atoms with Crippen LogP contribution in [0, 0.1) is 0 Å². The van der Waals surface area contributed by atoms with Gasteiger partial charge in [0.1, 0.15) is 6.04 Å². The first-order chi connectivity index (χ1) is 12.6. The zero-order chi connectivity index (χ0) is 18.3. The van der Waals surface area contributed by atoms with E-state index in [-0.39, 0.29) is 18.7 Å². The minimum Gasteiger partial charge on any atom is -0.493 e. The van der Waals surface area contributed by atoms with Crippen molar-refractivity contribution in [3.8, 4) is 23.0 Å². The first-order valence-corrected chi connectivity index (χ1v) is 8.29. The fourth-order valence-electron chi connectivity index (χ4n) is 3.41. The first kappa shape index (κ1) is 16.5. The predicted molar refractivity (Wildman–Crippen MR) is 93.4 cm³/mol. The summed E-state index contributed by atoms with van der Waals surface area (Å²) in [6, 6.07) is 10.5. The number of carbonyl (C=O) groups is 1. The Labute approximate surface area is 151 Å². The standard InChI is InChI=1S/C19H20N2O5/c1-23-13-5-3-11(7-15(13)24-2)9-21-18(17(20)19(21)22)12-4-6-14-16(8-12)26-10-25-14/h3-8,17-18H,9-10,20H2,1-2H3/t17-,18-/m1/s1. The van der Waals surface area contributed by atoms with Crippen LogP contribution in [0.3, 0.4) is 0 Å². The van der Waals surface area contributed by atoms with Crippen LogP contribution in [0.2, 0.25) is 0 Å². The smallest absolute Gasteiger partial charge is 0.242 e. The van der Waals surface area contributed by atoms with Gasteiger partial charge in [0.25, 0.3) is 0 Å². The predicted octanol–water partition coefficient (Wildman–Crippen LogP) is 1.84. The van der Waals surface area contributed by atoms with Gasteiger partial charge in [0, 0.05) is 6.54 Å². The van der Waals surface area contributed by atoms with Crippen LogP contribution < -0.4 is 24.7 Å². The molecule has 0 saturated carbocycles. The van der Waals surface area contributed by atoms with Crippen LogP contribution in [-0.4, -0.2) is 37.9 Å². The Morgan fingerprint density at radius 3 is 2.62 bits per heavy atom. The van der Waals surface area contributed by atoms with E-state index in [0.717, 1.165) is 11.1 Å². The van der Waals surface area contributed by atoms with Gasteiger partial charge in [-0.15, -0.1) is 0 Å². The molecule has 2 atom stereocenters. The molecule has 7 nitrogen and oxygen atoms in total. The Hall–Kier alpha value is -2.93. The minimum atomic E-state index is -0.560. The van der Waals surface area contributed by atoms with Crippen LogP contribution in [0.1, 0.15) is 17.2 Å². The molecule has 2 aliphatic rings. The molecule has 2 aliphatic heterocycles. The SMILES string of the molecule is COc1ccc(CN2C(=O)[C@H](N)[C@H]2c2ccc3c(c2)OCO3)cc1OC. The van der Waals surface area contributed by atoms with Gasteiger partial charge in [-0.05, 0) is 35.4 Å². The van der Waals surface area contributed by atoms with Crippen molar-refractivity contribution in [3.05, 3.63) is 47.5 Å². The van der Waals surface area contributed by atoms with E-state index in [1.54, 1.807) is 19.1 Å². The van der Waals surface area contributed by atoms with Crippen molar-refractivity contribution in [1.29, 1.82) is 0 Å². The maximum atomic E-state index is 12.4.